The Hall–Kier alpha value is -1.51. The summed E-state index contributed by atoms with van der Waals surface area (Å²) >= 11 is 0. The highest BCUT2D eigenvalue weighted by atomic mass is 16.2. The van der Waals surface area contributed by atoms with Gasteiger partial charge in [-0.05, 0) is 24.1 Å². The van der Waals surface area contributed by atoms with Crippen LogP contribution in [0.2, 0.25) is 0 Å². The summed E-state index contributed by atoms with van der Waals surface area (Å²) in [6.45, 7) is 5.11. The summed E-state index contributed by atoms with van der Waals surface area (Å²) in [4.78, 5) is 13.1. The van der Waals surface area contributed by atoms with Crippen LogP contribution in [0.25, 0.3) is 0 Å². The van der Waals surface area contributed by atoms with Gasteiger partial charge in [0.15, 0.2) is 0 Å². The van der Waals surface area contributed by atoms with Crippen molar-refractivity contribution in [3.63, 3.8) is 0 Å². The summed E-state index contributed by atoms with van der Waals surface area (Å²) in [5.41, 5.74) is 7.51. The third-order valence-electron chi connectivity index (χ3n) is 2.26. The van der Waals surface area contributed by atoms with Crippen LogP contribution in [-0.2, 0) is 11.3 Å². The zero-order valence-electron chi connectivity index (χ0n) is 9.36. The number of amides is 1. The van der Waals surface area contributed by atoms with Crippen LogP contribution < -0.4 is 5.73 Å². The Kier molecular flexibility index (Phi) is 4.16. The molecule has 0 aromatic heterocycles. The van der Waals surface area contributed by atoms with Crippen molar-refractivity contribution >= 4 is 11.6 Å². The topological polar surface area (TPSA) is 46.3 Å². The van der Waals surface area contributed by atoms with E-state index >= 15 is 0 Å². The Morgan fingerprint density at radius 1 is 1.47 bits per heavy atom. The maximum Gasteiger partial charge on any atom is 0.219 e. The lowest BCUT2D eigenvalue weighted by molar-refractivity contribution is -0.129. The van der Waals surface area contributed by atoms with E-state index in [1.807, 2.05) is 29.2 Å². The number of hydrogen-bond donors (Lipinski definition) is 1. The molecule has 0 atom stereocenters. The van der Waals surface area contributed by atoms with Gasteiger partial charge in [-0.2, -0.15) is 0 Å². The smallest absolute Gasteiger partial charge is 0.219 e. The molecule has 1 amide bonds. The molecule has 0 aliphatic heterocycles. The summed E-state index contributed by atoms with van der Waals surface area (Å²) in [6.07, 6.45) is 0.974. The van der Waals surface area contributed by atoms with Crippen LogP contribution >= 0.6 is 0 Å². The van der Waals surface area contributed by atoms with Crippen molar-refractivity contribution in [3.05, 3.63) is 29.8 Å². The van der Waals surface area contributed by atoms with Gasteiger partial charge < -0.3 is 10.6 Å². The third kappa shape index (κ3) is 3.62. The van der Waals surface area contributed by atoms with Crippen LogP contribution in [0, 0.1) is 0 Å². The Morgan fingerprint density at radius 2 is 2.20 bits per heavy atom. The summed E-state index contributed by atoms with van der Waals surface area (Å²) in [5.74, 6) is 0.110. The minimum atomic E-state index is 0.110. The second kappa shape index (κ2) is 5.39. The lowest BCUT2D eigenvalue weighted by atomic mass is 10.2. The zero-order chi connectivity index (χ0) is 11.3. The van der Waals surface area contributed by atoms with Crippen molar-refractivity contribution in [3.8, 4) is 0 Å². The number of carbonyl (C=O) groups is 1. The Labute approximate surface area is 90.9 Å². The number of carbonyl (C=O) groups excluding carboxylic acids is 1. The van der Waals surface area contributed by atoms with E-state index in [2.05, 4.69) is 6.92 Å². The fourth-order valence-corrected chi connectivity index (χ4v) is 1.53. The molecule has 0 heterocycles. The van der Waals surface area contributed by atoms with Gasteiger partial charge in [0.2, 0.25) is 5.91 Å². The molecule has 0 unspecified atom stereocenters. The van der Waals surface area contributed by atoms with E-state index in [0.29, 0.717) is 6.54 Å². The number of rotatable bonds is 4. The van der Waals surface area contributed by atoms with Gasteiger partial charge in [0.05, 0.1) is 0 Å². The number of benzene rings is 1. The number of nitrogens with two attached hydrogens (primary N) is 1. The van der Waals surface area contributed by atoms with Crippen LogP contribution in [0.4, 0.5) is 5.69 Å². The lowest BCUT2D eigenvalue weighted by Crippen LogP contribution is -2.28. The molecule has 0 fully saturated rings. The van der Waals surface area contributed by atoms with E-state index in [9.17, 15) is 4.79 Å². The SMILES string of the molecule is CCCN(Cc1cccc(N)c1)C(C)=O. The molecule has 2 N–H and O–H groups in total. The number of nitrogens with zero attached hydrogens (tertiary/aromatic N) is 1. The molecular weight excluding hydrogens is 188 g/mol. The van der Waals surface area contributed by atoms with Gasteiger partial charge in [0.1, 0.15) is 0 Å². The fourth-order valence-electron chi connectivity index (χ4n) is 1.53. The zero-order valence-corrected chi connectivity index (χ0v) is 9.36. The highest BCUT2D eigenvalue weighted by Crippen LogP contribution is 2.10. The van der Waals surface area contributed by atoms with Gasteiger partial charge in [-0.1, -0.05) is 19.1 Å². The molecule has 15 heavy (non-hydrogen) atoms. The van der Waals surface area contributed by atoms with Crippen molar-refractivity contribution in [1.29, 1.82) is 0 Å². The van der Waals surface area contributed by atoms with Crippen molar-refractivity contribution in [1.82, 2.24) is 4.90 Å². The van der Waals surface area contributed by atoms with Gasteiger partial charge >= 0.3 is 0 Å². The second-order valence-corrected chi connectivity index (χ2v) is 3.69. The maximum absolute atomic E-state index is 11.3. The fraction of sp³-hybridized carbons (Fsp3) is 0.417. The van der Waals surface area contributed by atoms with Gasteiger partial charge in [-0.25, -0.2) is 0 Å². The predicted octanol–water partition coefficient (Wildman–Crippen LogP) is 2.03. The molecule has 0 radical (unpaired) electrons. The first-order valence-corrected chi connectivity index (χ1v) is 5.23. The highest BCUT2D eigenvalue weighted by Gasteiger charge is 2.07. The Balaban J connectivity index is 2.69. The van der Waals surface area contributed by atoms with E-state index in [1.54, 1.807) is 6.92 Å². The Morgan fingerprint density at radius 3 is 2.73 bits per heavy atom. The first-order valence-electron chi connectivity index (χ1n) is 5.23. The molecule has 1 aromatic carbocycles. The van der Waals surface area contributed by atoms with Crippen LogP contribution in [0.3, 0.4) is 0 Å². The second-order valence-electron chi connectivity index (χ2n) is 3.69. The third-order valence-corrected chi connectivity index (χ3v) is 2.26. The van der Waals surface area contributed by atoms with Crippen molar-refractivity contribution in [2.24, 2.45) is 0 Å². The number of hydrogen-bond acceptors (Lipinski definition) is 2. The van der Waals surface area contributed by atoms with E-state index in [1.165, 1.54) is 0 Å². The predicted molar refractivity (Wildman–Crippen MR) is 62.2 cm³/mol. The van der Waals surface area contributed by atoms with Gasteiger partial charge in [-0.15, -0.1) is 0 Å². The quantitative estimate of drug-likeness (QED) is 0.766. The molecule has 82 valence electrons. The molecule has 0 aliphatic carbocycles. The molecule has 1 rings (SSSR count). The maximum atomic E-state index is 11.3. The minimum Gasteiger partial charge on any atom is -0.399 e. The monoisotopic (exact) mass is 206 g/mol. The lowest BCUT2D eigenvalue weighted by Gasteiger charge is -2.20. The average Bonchev–Trinajstić information content (AvgIpc) is 2.17. The van der Waals surface area contributed by atoms with Crippen molar-refractivity contribution < 1.29 is 4.79 Å². The van der Waals surface area contributed by atoms with Crippen LogP contribution in [0.15, 0.2) is 24.3 Å². The highest BCUT2D eigenvalue weighted by molar-refractivity contribution is 5.73. The van der Waals surface area contributed by atoms with E-state index < -0.39 is 0 Å². The summed E-state index contributed by atoms with van der Waals surface area (Å²) < 4.78 is 0. The van der Waals surface area contributed by atoms with E-state index in [-0.39, 0.29) is 5.91 Å². The van der Waals surface area contributed by atoms with Crippen LogP contribution in [0.1, 0.15) is 25.8 Å². The molecule has 0 saturated heterocycles. The van der Waals surface area contributed by atoms with Crippen LogP contribution in [-0.4, -0.2) is 17.4 Å². The van der Waals surface area contributed by atoms with Gasteiger partial charge in [0, 0.05) is 25.7 Å². The largest absolute Gasteiger partial charge is 0.399 e. The van der Waals surface area contributed by atoms with Crippen molar-refractivity contribution in [2.75, 3.05) is 12.3 Å². The first kappa shape index (κ1) is 11.6. The molecule has 0 aliphatic rings. The average molecular weight is 206 g/mol. The molecular formula is C12H18N2O. The van der Waals surface area contributed by atoms with Gasteiger partial charge in [-0.3, -0.25) is 4.79 Å². The summed E-state index contributed by atoms with van der Waals surface area (Å²) in [7, 11) is 0. The Bertz CT molecular complexity index is 336. The normalized spacial score (nSPS) is 10.0. The van der Waals surface area contributed by atoms with Gasteiger partial charge in [0.25, 0.3) is 0 Å². The minimum absolute atomic E-state index is 0.110. The van der Waals surface area contributed by atoms with Crippen molar-refractivity contribution in [2.45, 2.75) is 26.8 Å². The molecule has 1 aromatic rings. The standard InChI is InChI=1S/C12H18N2O/c1-3-7-14(10(2)15)9-11-5-4-6-12(13)8-11/h4-6,8H,3,7,9,13H2,1-2H3. The number of anilines is 1. The molecule has 3 nitrogen and oxygen atoms in total. The summed E-state index contributed by atoms with van der Waals surface area (Å²) in [6, 6.07) is 7.66. The molecule has 0 saturated carbocycles. The number of nitrogen functional groups attached to an aromatic ring is 1. The van der Waals surface area contributed by atoms with Crippen LogP contribution in [0.5, 0.6) is 0 Å². The first-order chi connectivity index (χ1) is 7.13. The van der Waals surface area contributed by atoms with E-state index in [4.69, 9.17) is 5.73 Å². The molecule has 0 spiro atoms. The summed E-state index contributed by atoms with van der Waals surface area (Å²) in [5, 5.41) is 0. The molecule has 3 heteroatoms. The van der Waals surface area contributed by atoms with E-state index in [0.717, 1.165) is 24.2 Å². The molecule has 0 bridgehead atoms.